The van der Waals surface area contributed by atoms with Crippen molar-refractivity contribution in [2.45, 2.75) is 50.2 Å². The van der Waals surface area contributed by atoms with Crippen molar-refractivity contribution in [1.82, 2.24) is 10.2 Å². The molecule has 0 aromatic heterocycles. The number of rotatable bonds is 13. The summed E-state index contributed by atoms with van der Waals surface area (Å²) in [5.74, 6) is -0.966. The molecule has 0 bridgehead atoms. The molecule has 0 saturated heterocycles. The monoisotopic (exact) mass is 685 g/mol. The van der Waals surface area contributed by atoms with Gasteiger partial charge < -0.3 is 10.2 Å². The van der Waals surface area contributed by atoms with Gasteiger partial charge in [-0.15, -0.1) is 0 Å². The summed E-state index contributed by atoms with van der Waals surface area (Å²) in [6, 6.07) is 27.3. The van der Waals surface area contributed by atoms with Crippen molar-refractivity contribution in [2.75, 3.05) is 10.8 Å². The number of carbonyl (C=O) groups excluding carboxylic acids is 2. The Morgan fingerprint density at radius 3 is 2.04 bits per heavy atom. The molecule has 0 aliphatic heterocycles. The molecule has 1 N–H and O–H groups in total. The third-order valence-electron chi connectivity index (χ3n) is 7.30. The van der Waals surface area contributed by atoms with Crippen LogP contribution in [0.4, 0.5) is 5.69 Å². The zero-order valence-corrected chi connectivity index (χ0v) is 28.0. The third-order valence-corrected chi connectivity index (χ3v) is 9.85. The lowest BCUT2D eigenvalue weighted by molar-refractivity contribution is -0.140. The van der Waals surface area contributed by atoms with Gasteiger partial charge in [0, 0.05) is 29.1 Å². The molecule has 0 unspecified atom stereocenters. The van der Waals surface area contributed by atoms with Gasteiger partial charge in [-0.1, -0.05) is 102 Å². The Hall–Kier alpha value is -3.56. The van der Waals surface area contributed by atoms with Gasteiger partial charge in [0.25, 0.3) is 10.0 Å². The van der Waals surface area contributed by atoms with E-state index in [4.69, 9.17) is 34.8 Å². The highest BCUT2D eigenvalue weighted by molar-refractivity contribution is 7.92. The number of carbonyl (C=O) groups is 2. The van der Waals surface area contributed by atoms with Crippen molar-refractivity contribution in [3.63, 3.8) is 0 Å². The summed E-state index contributed by atoms with van der Waals surface area (Å²) in [5, 5.41) is 3.83. The summed E-state index contributed by atoms with van der Waals surface area (Å²) >= 11 is 19.0. The van der Waals surface area contributed by atoms with Crippen molar-refractivity contribution < 1.29 is 18.0 Å². The van der Waals surface area contributed by atoms with Gasteiger partial charge >= 0.3 is 0 Å². The number of hydrogen-bond acceptors (Lipinski definition) is 4. The summed E-state index contributed by atoms with van der Waals surface area (Å²) in [5.41, 5.74) is 1.58. The SMILES string of the molecule is CC[C@@H](C)NC(=O)[C@H](Cc1ccccc1)N(Cc1cccc(Cl)c1)C(=O)CN(c1ccc(Cl)cc1Cl)S(=O)(=O)c1ccccc1. The van der Waals surface area contributed by atoms with Gasteiger partial charge in [0.2, 0.25) is 11.8 Å². The first kappa shape index (κ1) is 34.3. The number of benzene rings is 4. The van der Waals surface area contributed by atoms with E-state index in [-0.39, 0.29) is 40.5 Å². The first-order valence-electron chi connectivity index (χ1n) is 14.4. The van der Waals surface area contributed by atoms with Gasteiger partial charge in [-0.2, -0.15) is 0 Å². The Balaban J connectivity index is 1.83. The Kier molecular flexibility index (Phi) is 11.9. The van der Waals surface area contributed by atoms with E-state index in [0.717, 1.165) is 9.87 Å². The summed E-state index contributed by atoms with van der Waals surface area (Å²) in [6.45, 7) is 3.20. The molecule has 0 saturated carbocycles. The van der Waals surface area contributed by atoms with Crippen molar-refractivity contribution >= 4 is 62.3 Å². The fourth-order valence-corrected chi connectivity index (χ4v) is 6.97. The molecule has 0 aliphatic carbocycles. The zero-order valence-electron chi connectivity index (χ0n) is 24.9. The number of halogens is 3. The molecule has 11 heteroatoms. The lowest BCUT2D eigenvalue weighted by atomic mass is 10.0. The molecule has 0 spiro atoms. The van der Waals surface area contributed by atoms with Crippen molar-refractivity contribution in [3.05, 3.63) is 129 Å². The Morgan fingerprint density at radius 2 is 1.42 bits per heavy atom. The predicted molar refractivity (Wildman–Crippen MR) is 181 cm³/mol. The van der Waals surface area contributed by atoms with E-state index in [9.17, 15) is 18.0 Å². The van der Waals surface area contributed by atoms with Gasteiger partial charge in [-0.25, -0.2) is 8.42 Å². The topological polar surface area (TPSA) is 86.8 Å². The maximum atomic E-state index is 14.5. The van der Waals surface area contributed by atoms with Crippen LogP contribution in [0.15, 0.2) is 108 Å². The van der Waals surface area contributed by atoms with Gasteiger partial charge in [-0.3, -0.25) is 13.9 Å². The van der Waals surface area contributed by atoms with E-state index < -0.39 is 28.5 Å². The minimum absolute atomic E-state index is 0.00159. The van der Waals surface area contributed by atoms with E-state index in [2.05, 4.69) is 5.32 Å². The molecular weight excluding hydrogens is 653 g/mol. The highest BCUT2D eigenvalue weighted by Gasteiger charge is 2.35. The molecule has 4 aromatic rings. The lowest BCUT2D eigenvalue weighted by Gasteiger charge is -2.34. The highest BCUT2D eigenvalue weighted by Crippen LogP contribution is 2.33. The largest absolute Gasteiger partial charge is 0.352 e. The van der Waals surface area contributed by atoms with E-state index in [1.54, 1.807) is 42.5 Å². The normalized spacial score (nSPS) is 12.6. The smallest absolute Gasteiger partial charge is 0.264 e. The molecule has 0 aliphatic rings. The Labute approximate surface area is 279 Å². The van der Waals surface area contributed by atoms with Gasteiger partial charge in [0.05, 0.1) is 15.6 Å². The fraction of sp³-hybridized carbons (Fsp3) is 0.235. The number of nitrogens with zero attached hydrogens (tertiary/aromatic N) is 2. The first-order chi connectivity index (χ1) is 21.5. The molecule has 236 valence electrons. The molecule has 2 atom stereocenters. The summed E-state index contributed by atoms with van der Waals surface area (Å²) in [7, 11) is -4.29. The zero-order chi connectivity index (χ0) is 32.6. The van der Waals surface area contributed by atoms with Gasteiger partial charge in [0.1, 0.15) is 12.6 Å². The number of sulfonamides is 1. The van der Waals surface area contributed by atoms with Crippen molar-refractivity contribution in [1.29, 1.82) is 0 Å². The second kappa shape index (κ2) is 15.6. The summed E-state index contributed by atoms with van der Waals surface area (Å²) in [6.07, 6.45) is 0.882. The minimum atomic E-state index is -4.29. The number of amides is 2. The lowest BCUT2D eigenvalue weighted by Crippen LogP contribution is -2.54. The van der Waals surface area contributed by atoms with Crippen LogP contribution < -0.4 is 9.62 Å². The van der Waals surface area contributed by atoms with E-state index in [0.29, 0.717) is 22.0 Å². The Bertz CT molecular complexity index is 1720. The van der Waals surface area contributed by atoms with Crippen LogP contribution >= 0.6 is 34.8 Å². The van der Waals surface area contributed by atoms with Crippen molar-refractivity contribution in [3.8, 4) is 0 Å². The second-order valence-corrected chi connectivity index (χ2v) is 13.7. The predicted octanol–water partition coefficient (Wildman–Crippen LogP) is 7.40. The van der Waals surface area contributed by atoms with Gasteiger partial charge in [-0.05, 0) is 66.9 Å². The number of anilines is 1. The summed E-state index contributed by atoms with van der Waals surface area (Å²) < 4.78 is 29.1. The van der Waals surface area contributed by atoms with E-state index in [1.807, 2.05) is 44.2 Å². The molecular formula is C34H34Cl3N3O4S. The second-order valence-electron chi connectivity index (χ2n) is 10.6. The fourth-order valence-electron chi connectivity index (χ4n) is 4.74. The highest BCUT2D eigenvalue weighted by atomic mass is 35.5. The summed E-state index contributed by atoms with van der Waals surface area (Å²) in [4.78, 5) is 29.8. The van der Waals surface area contributed by atoms with Crippen LogP contribution in [-0.4, -0.2) is 43.8 Å². The molecule has 0 radical (unpaired) electrons. The molecule has 4 rings (SSSR count). The minimum Gasteiger partial charge on any atom is -0.352 e. The molecule has 45 heavy (non-hydrogen) atoms. The molecule has 0 fully saturated rings. The maximum absolute atomic E-state index is 14.5. The average Bonchev–Trinajstić information content (AvgIpc) is 3.02. The van der Waals surface area contributed by atoms with Crippen LogP contribution in [0.3, 0.4) is 0 Å². The standard InChI is InChI=1S/C34H34Cl3N3O4S/c1-3-24(2)38-34(42)32(20-25-11-6-4-7-12-25)39(22-26-13-10-14-27(35)19-26)33(41)23-40(31-18-17-28(36)21-30(31)37)45(43,44)29-15-8-5-9-16-29/h4-19,21,24,32H,3,20,22-23H2,1-2H3,(H,38,42)/t24-,32+/m1/s1. The third kappa shape index (κ3) is 9.01. The molecule has 2 amide bonds. The van der Waals surface area contributed by atoms with E-state index >= 15 is 0 Å². The quantitative estimate of drug-likeness (QED) is 0.159. The van der Waals surface area contributed by atoms with Crippen LogP contribution in [-0.2, 0) is 32.6 Å². The molecule has 0 heterocycles. The van der Waals surface area contributed by atoms with Crippen LogP contribution in [0.25, 0.3) is 0 Å². The van der Waals surface area contributed by atoms with Crippen LogP contribution in [0.5, 0.6) is 0 Å². The maximum Gasteiger partial charge on any atom is 0.264 e. The van der Waals surface area contributed by atoms with Crippen LogP contribution in [0, 0.1) is 0 Å². The molecule has 4 aromatic carbocycles. The Morgan fingerprint density at radius 1 is 0.800 bits per heavy atom. The first-order valence-corrected chi connectivity index (χ1v) is 17.0. The van der Waals surface area contributed by atoms with Crippen LogP contribution in [0.2, 0.25) is 15.1 Å². The average molecular weight is 687 g/mol. The van der Waals surface area contributed by atoms with E-state index in [1.165, 1.54) is 35.2 Å². The van der Waals surface area contributed by atoms with Gasteiger partial charge in [0.15, 0.2) is 0 Å². The van der Waals surface area contributed by atoms with Crippen LogP contribution in [0.1, 0.15) is 31.4 Å². The number of hydrogen-bond donors (Lipinski definition) is 1. The van der Waals surface area contributed by atoms with Crippen molar-refractivity contribution in [2.24, 2.45) is 0 Å². The number of nitrogens with one attached hydrogen (secondary N) is 1. The molecule has 7 nitrogen and oxygen atoms in total.